The van der Waals surface area contributed by atoms with Crippen molar-refractivity contribution < 1.29 is 4.79 Å². The van der Waals surface area contributed by atoms with Crippen molar-refractivity contribution in [1.29, 1.82) is 0 Å². The highest BCUT2D eigenvalue weighted by atomic mass is 127. The molecule has 0 saturated carbocycles. The predicted molar refractivity (Wildman–Crippen MR) is 96.1 cm³/mol. The number of benzene rings is 1. The number of H-pyrrole nitrogens is 1. The minimum atomic E-state index is -0.0240. The minimum absolute atomic E-state index is 0.0240. The molecule has 0 bridgehead atoms. The van der Waals surface area contributed by atoms with Gasteiger partial charge in [0.25, 0.3) is 5.91 Å². The van der Waals surface area contributed by atoms with Gasteiger partial charge in [-0.15, -0.1) is 0 Å². The average molecular weight is 405 g/mol. The number of carbonyl (C=O) groups excluding carboxylic acids is 1. The zero-order valence-corrected chi connectivity index (χ0v) is 14.6. The lowest BCUT2D eigenvalue weighted by Crippen LogP contribution is -2.22. The van der Waals surface area contributed by atoms with Crippen molar-refractivity contribution in [2.45, 2.75) is 6.42 Å². The standard InChI is InChI=1S/C17H16IN3O/c1-21(2)17(22)12-7-14(18)16(20-10-12)8-11-9-19-15-6-4-3-5-13(11)15/h3-7,9-10,19H,8H2,1-2H3. The maximum absolute atomic E-state index is 12.0. The number of para-hydroxylation sites is 1. The van der Waals surface area contributed by atoms with Crippen LogP contribution in [0.1, 0.15) is 21.6 Å². The van der Waals surface area contributed by atoms with Crippen LogP contribution >= 0.6 is 22.6 Å². The number of hydrogen-bond donors (Lipinski definition) is 1. The minimum Gasteiger partial charge on any atom is -0.361 e. The van der Waals surface area contributed by atoms with E-state index in [0.29, 0.717) is 5.56 Å². The molecular formula is C17H16IN3O. The SMILES string of the molecule is CN(C)C(=O)c1cnc(Cc2c[nH]c3ccccc23)c(I)c1. The van der Waals surface area contributed by atoms with Crippen LogP contribution in [0.3, 0.4) is 0 Å². The maximum atomic E-state index is 12.0. The Bertz CT molecular complexity index is 839. The van der Waals surface area contributed by atoms with Crippen molar-refractivity contribution in [1.82, 2.24) is 14.9 Å². The number of halogens is 1. The van der Waals surface area contributed by atoms with Gasteiger partial charge in [-0.2, -0.15) is 0 Å². The lowest BCUT2D eigenvalue weighted by atomic mass is 10.1. The molecule has 0 radical (unpaired) electrons. The molecule has 22 heavy (non-hydrogen) atoms. The summed E-state index contributed by atoms with van der Waals surface area (Å²) in [4.78, 5) is 21.3. The van der Waals surface area contributed by atoms with Gasteiger partial charge in [0.15, 0.2) is 0 Å². The van der Waals surface area contributed by atoms with Crippen LogP contribution in [-0.4, -0.2) is 34.9 Å². The fraction of sp³-hybridized carbons (Fsp3) is 0.176. The van der Waals surface area contributed by atoms with Crippen molar-refractivity contribution in [3.8, 4) is 0 Å². The van der Waals surface area contributed by atoms with E-state index in [1.165, 1.54) is 10.9 Å². The van der Waals surface area contributed by atoms with Gasteiger partial charge in [-0.3, -0.25) is 9.78 Å². The number of pyridine rings is 1. The Hall–Kier alpha value is -1.89. The van der Waals surface area contributed by atoms with Crippen molar-refractivity contribution in [2.24, 2.45) is 0 Å². The molecule has 3 rings (SSSR count). The molecule has 112 valence electrons. The summed E-state index contributed by atoms with van der Waals surface area (Å²) in [5, 5.41) is 1.22. The van der Waals surface area contributed by atoms with Gasteiger partial charge in [0, 0.05) is 47.4 Å². The Morgan fingerprint density at radius 3 is 2.82 bits per heavy atom. The Kier molecular flexibility index (Phi) is 4.15. The third kappa shape index (κ3) is 2.85. The van der Waals surface area contributed by atoms with Crippen LogP contribution in [0.5, 0.6) is 0 Å². The second kappa shape index (κ2) is 6.08. The molecular weight excluding hydrogens is 389 g/mol. The topological polar surface area (TPSA) is 49.0 Å². The van der Waals surface area contributed by atoms with E-state index in [2.05, 4.69) is 44.7 Å². The molecule has 2 aromatic heterocycles. The number of hydrogen-bond acceptors (Lipinski definition) is 2. The van der Waals surface area contributed by atoms with E-state index >= 15 is 0 Å². The van der Waals surface area contributed by atoms with Crippen LogP contribution in [0.4, 0.5) is 0 Å². The highest BCUT2D eigenvalue weighted by Gasteiger charge is 2.13. The molecule has 0 saturated heterocycles. The largest absolute Gasteiger partial charge is 0.361 e. The first-order valence-electron chi connectivity index (χ1n) is 6.97. The van der Waals surface area contributed by atoms with Gasteiger partial charge < -0.3 is 9.88 Å². The number of aromatic amines is 1. The predicted octanol–water partition coefficient (Wildman–Crippen LogP) is 3.46. The smallest absolute Gasteiger partial charge is 0.254 e. The van der Waals surface area contributed by atoms with Gasteiger partial charge in [0.2, 0.25) is 0 Å². The van der Waals surface area contributed by atoms with Gasteiger partial charge >= 0.3 is 0 Å². The molecule has 2 heterocycles. The summed E-state index contributed by atoms with van der Waals surface area (Å²) in [6, 6.07) is 10.1. The van der Waals surface area contributed by atoms with Crippen LogP contribution in [0.2, 0.25) is 0 Å². The van der Waals surface area contributed by atoms with Crippen LogP contribution in [0.15, 0.2) is 42.7 Å². The highest BCUT2D eigenvalue weighted by Crippen LogP contribution is 2.22. The van der Waals surface area contributed by atoms with Crippen LogP contribution in [-0.2, 0) is 6.42 Å². The Labute approximate surface area is 142 Å². The molecule has 0 aliphatic rings. The molecule has 4 nitrogen and oxygen atoms in total. The number of nitrogens with one attached hydrogen (secondary N) is 1. The van der Waals surface area contributed by atoms with Gasteiger partial charge in [-0.05, 0) is 40.3 Å². The quantitative estimate of drug-likeness (QED) is 0.679. The van der Waals surface area contributed by atoms with Crippen LogP contribution in [0, 0.1) is 3.57 Å². The Balaban J connectivity index is 1.91. The van der Waals surface area contributed by atoms with E-state index in [1.807, 2.05) is 24.4 Å². The molecule has 0 atom stereocenters. The monoisotopic (exact) mass is 405 g/mol. The van der Waals surface area contributed by atoms with Crippen molar-refractivity contribution in [3.63, 3.8) is 0 Å². The number of carbonyl (C=O) groups is 1. The molecule has 1 aromatic carbocycles. The fourth-order valence-electron chi connectivity index (χ4n) is 2.43. The third-order valence-electron chi connectivity index (χ3n) is 3.60. The molecule has 1 N–H and O–H groups in total. The molecule has 0 aliphatic carbocycles. The summed E-state index contributed by atoms with van der Waals surface area (Å²) < 4.78 is 1.01. The molecule has 0 aliphatic heterocycles. The summed E-state index contributed by atoms with van der Waals surface area (Å²) >= 11 is 2.25. The van der Waals surface area contributed by atoms with E-state index in [1.54, 1.807) is 25.2 Å². The second-order valence-electron chi connectivity index (χ2n) is 5.39. The lowest BCUT2D eigenvalue weighted by molar-refractivity contribution is 0.0827. The molecule has 5 heteroatoms. The Morgan fingerprint density at radius 1 is 1.32 bits per heavy atom. The van der Waals surface area contributed by atoms with Gasteiger partial charge in [0.05, 0.1) is 11.3 Å². The molecule has 0 spiro atoms. The summed E-state index contributed by atoms with van der Waals surface area (Å²) in [6.45, 7) is 0. The van der Waals surface area contributed by atoms with Crippen LogP contribution < -0.4 is 0 Å². The van der Waals surface area contributed by atoms with Crippen LogP contribution in [0.25, 0.3) is 10.9 Å². The van der Waals surface area contributed by atoms with Crippen molar-refractivity contribution >= 4 is 39.4 Å². The van der Waals surface area contributed by atoms with E-state index in [-0.39, 0.29) is 5.91 Å². The van der Waals surface area contributed by atoms with Crippen molar-refractivity contribution in [3.05, 3.63) is 63.1 Å². The first-order valence-corrected chi connectivity index (χ1v) is 8.05. The second-order valence-corrected chi connectivity index (χ2v) is 6.55. The lowest BCUT2D eigenvalue weighted by Gasteiger charge is -2.11. The first-order chi connectivity index (χ1) is 10.6. The zero-order chi connectivity index (χ0) is 15.7. The Morgan fingerprint density at radius 2 is 2.09 bits per heavy atom. The summed E-state index contributed by atoms with van der Waals surface area (Å²) in [5.41, 5.74) is 3.96. The average Bonchev–Trinajstić information content (AvgIpc) is 2.92. The molecule has 1 amide bonds. The van der Waals surface area contributed by atoms with Gasteiger partial charge in [-0.1, -0.05) is 18.2 Å². The highest BCUT2D eigenvalue weighted by molar-refractivity contribution is 14.1. The van der Waals surface area contributed by atoms with E-state index in [0.717, 1.165) is 21.2 Å². The number of amides is 1. The normalized spacial score (nSPS) is 10.9. The van der Waals surface area contributed by atoms with E-state index in [9.17, 15) is 4.79 Å². The zero-order valence-electron chi connectivity index (χ0n) is 12.4. The maximum Gasteiger partial charge on any atom is 0.254 e. The summed E-state index contributed by atoms with van der Waals surface area (Å²) in [6.07, 6.45) is 4.44. The molecule has 0 unspecified atom stereocenters. The summed E-state index contributed by atoms with van der Waals surface area (Å²) in [5.74, 6) is -0.0240. The van der Waals surface area contributed by atoms with E-state index in [4.69, 9.17) is 0 Å². The number of rotatable bonds is 3. The van der Waals surface area contributed by atoms with Crippen molar-refractivity contribution in [2.75, 3.05) is 14.1 Å². The summed E-state index contributed by atoms with van der Waals surface area (Å²) in [7, 11) is 3.49. The molecule has 3 aromatic rings. The number of nitrogens with zero attached hydrogens (tertiary/aromatic N) is 2. The first kappa shape index (κ1) is 15.0. The number of aromatic nitrogens is 2. The van der Waals surface area contributed by atoms with Gasteiger partial charge in [-0.25, -0.2) is 0 Å². The molecule has 0 fully saturated rings. The third-order valence-corrected chi connectivity index (χ3v) is 4.54. The van der Waals surface area contributed by atoms with E-state index < -0.39 is 0 Å². The number of fused-ring (bicyclic) bond motifs is 1. The van der Waals surface area contributed by atoms with Gasteiger partial charge in [0.1, 0.15) is 0 Å². The fourth-order valence-corrected chi connectivity index (χ4v) is 3.10.